The number of rotatable bonds is 1. The summed E-state index contributed by atoms with van der Waals surface area (Å²) in [5, 5.41) is 8.91. The van der Waals surface area contributed by atoms with E-state index in [2.05, 4.69) is 5.50 Å². The van der Waals surface area contributed by atoms with Gasteiger partial charge in [0.05, 0.1) is 0 Å². The summed E-state index contributed by atoms with van der Waals surface area (Å²) in [6.07, 6.45) is 0. The standard InChI is InChI=1S/C8H8O2.H4NO2P/c1-6(9)7-3-2-4-8(10)5-7;1-4(2)3/h2-5,10H,1H3;2-3H,1H2. The van der Waals surface area contributed by atoms with Crippen molar-refractivity contribution in [2.45, 2.75) is 6.92 Å². The van der Waals surface area contributed by atoms with Gasteiger partial charge in [0, 0.05) is 5.56 Å². The molecule has 6 heteroatoms. The molecule has 1 aromatic carbocycles. The van der Waals surface area contributed by atoms with Crippen molar-refractivity contribution in [1.29, 1.82) is 0 Å². The smallest absolute Gasteiger partial charge is 0.247 e. The third-order valence-corrected chi connectivity index (χ3v) is 1.25. The monoisotopic (exact) mass is 217 g/mol. The Balaban J connectivity index is 0.000000364. The first kappa shape index (κ1) is 13.0. The predicted molar refractivity (Wildman–Crippen MR) is 53.7 cm³/mol. The van der Waals surface area contributed by atoms with Crippen molar-refractivity contribution in [2.24, 2.45) is 5.50 Å². The highest BCUT2D eigenvalue weighted by atomic mass is 31.2. The molecule has 0 radical (unpaired) electrons. The molecule has 0 heterocycles. The first-order valence-electron chi connectivity index (χ1n) is 3.66. The minimum absolute atomic E-state index is 0.0316. The third kappa shape index (κ3) is 6.51. The predicted octanol–water partition coefficient (Wildman–Crippen LogP) is 0.751. The summed E-state index contributed by atoms with van der Waals surface area (Å²) in [5.74, 6) is 0.101. The van der Waals surface area contributed by atoms with E-state index >= 15 is 0 Å². The van der Waals surface area contributed by atoms with Crippen LogP contribution in [0.15, 0.2) is 24.3 Å². The summed E-state index contributed by atoms with van der Waals surface area (Å²) in [7, 11) is -2.12. The Morgan fingerprint density at radius 3 is 2.21 bits per heavy atom. The Bertz CT molecular complexity index is 300. The van der Waals surface area contributed by atoms with Crippen LogP contribution in [0.3, 0.4) is 0 Å². The van der Waals surface area contributed by atoms with E-state index in [4.69, 9.17) is 14.9 Å². The maximum Gasteiger partial charge on any atom is 0.247 e. The van der Waals surface area contributed by atoms with Gasteiger partial charge in [-0.3, -0.25) is 10.3 Å². The van der Waals surface area contributed by atoms with E-state index in [1.807, 2.05) is 0 Å². The van der Waals surface area contributed by atoms with Crippen molar-refractivity contribution in [1.82, 2.24) is 0 Å². The van der Waals surface area contributed by atoms with Gasteiger partial charge in [0.2, 0.25) is 8.53 Å². The number of aromatic hydroxyl groups is 1. The lowest BCUT2D eigenvalue weighted by Gasteiger charge is -1.93. The van der Waals surface area contributed by atoms with Crippen molar-refractivity contribution >= 4 is 14.3 Å². The van der Waals surface area contributed by atoms with Gasteiger partial charge < -0.3 is 14.9 Å². The molecule has 0 aliphatic rings. The van der Waals surface area contributed by atoms with E-state index in [0.717, 1.165) is 0 Å². The van der Waals surface area contributed by atoms with Crippen molar-refractivity contribution < 1.29 is 19.7 Å². The topological polar surface area (TPSA) is 104 Å². The molecule has 0 aliphatic carbocycles. The summed E-state index contributed by atoms with van der Waals surface area (Å²) in [6.45, 7) is 1.47. The molecule has 5 nitrogen and oxygen atoms in total. The second-order valence-corrected chi connectivity index (χ2v) is 3.07. The Labute approximate surface area is 82.8 Å². The van der Waals surface area contributed by atoms with E-state index in [0.29, 0.717) is 5.56 Å². The highest BCUT2D eigenvalue weighted by molar-refractivity contribution is 7.42. The van der Waals surface area contributed by atoms with Crippen LogP contribution >= 0.6 is 8.53 Å². The number of ketones is 1. The van der Waals surface area contributed by atoms with Gasteiger partial charge in [0.1, 0.15) is 5.75 Å². The normalized spacial score (nSPS) is 9.21. The molecule has 5 N–H and O–H groups in total. The maximum absolute atomic E-state index is 10.7. The largest absolute Gasteiger partial charge is 0.508 e. The van der Waals surface area contributed by atoms with Crippen LogP contribution < -0.4 is 5.50 Å². The molecule has 0 aliphatic heterocycles. The van der Waals surface area contributed by atoms with Crippen LogP contribution in [0.1, 0.15) is 17.3 Å². The average molecular weight is 217 g/mol. The fourth-order valence-electron chi connectivity index (χ4n) is 0.725. The van der Waals surface area contributed by atoms with Gasteiger partial charge in [-0.15, -0.1) is 0 Å². The van der Waals surface area contributed by atoms with Gasteiger partial charge in [-0.05, 0) is 19.1 Å². The molecule has 0 fully saturated rings. The second-order valence-electron chi connectivity index (χ2n) is 2.43. The summed E-state index contributed by atoms with van der Waals surface area (Å²) in [4.78, 5) is 25.6. The van der Waals surface area contributed by atoms with Crippen LogP contribution in [-0.2, 0) is 0 Å². The van der Waals surface area contributed by atoms with Crippen LogP contribution in [0, 0.1) is 0 Å². The van der Waals surface area contributed by atoms with Crippen LogP contribution in [0.5, 0.6) is 5.75 Å². The number of nitrogens with two attached hydrogens (primary N) is 1. The second kappa shape index (κ2) is 6.45. The average Bonchev–Trinajstić information content (AvgIpc) is 2.03. The van der Waals surface area contributed by atoms with Crippen molar-refractivity contribution in [3.8, 4) is 5.75 Å². The van der Waals surface area contributed by atoms with Gasteiger partial charge in [0.15, 0.2) is 5.78 Å². The summed E-state index contributed by atoms with van der Waals surface area (Å²) >= 11 is 0. The summed E-state index contributed by atoms with van der Waals surface area (Å²) in [6, 6.07) is 6.29. The number of hydrogen-bond donors (Lipinski definition) is 4. The highest BCUT2D eigenvalue weighted by Gasteiger charge is 1.97. The SMILES string of the molecule is CC(=O)c1cccc(O)c1.NP(O)O. The fraction of sp³-hybridized carbons (Fsp3) is 0.125. The number of carbonyl (C=O) groups is 1. The molecule has 0 aromatic heterocycles. The number of hydrogen-bond acceptors (Lipinski definition) is 5. The highest BCUT2D eigenvalue weighted by Crippen LogP contribution is 2.10. The number of carbonyl (C=O) groups excluding carboxylic acids is 1. The fourth-order valence-corrected chi connectivity index (χ4v) is 0.725. The minimum atomic E-state index is -2.12. The van der Waals surface area contributed by atoms with Gasteiger partial charge >= 0.3 is 0 Å². The Morgan fingerprint density at radius 1 is 1.43 bits per heavy atom. The van der Waals surface area contributed by atoms with Gasteiger partial charge in [-0.25, -0.2) is 0 Å². The van der Waals surface area contributed by atoms with E-state index < -0.39 is 8.53 Å². The molecule has 78 valence electrons. The van der Waals surface area contributed by atoms with Crippen molar-refractivity contribution in [3.05, 3.63) is 29.8 Å². The molecule has 0 amide bonds. The van der Waals surface area contributed by atoms with Crippen LogP contribution in [0.4, 0.5) is 0 Å². The van der Waals surface area contributed by atoms with E-state index in [1.165, 1.54) is 19.1 Å². The number of Topliss-reactive ketones (excluding diaryl/α,β-unsaturated/α-hetero) is 1. The zero-order valence-electron chi connectivity index (χ0n) is 7.58. The first-order valence-corrected chi connectivity index (χ1v) is 4.97. The van der Waals surface area contributed by atoms with Crippen LogP contribution in [-0.4, -0.2) is 20.7 Å². The molecule has 0 unspecified atom stereocenters. The molecule has 14 heavy (non-hydrogen) atoms. The zero-order valence-corrected chi connectivity index (χ0v) is 8.48. The molecule has 0 spiro atoms. The summed E-state index contributed by atoms with van der Waals surface area (Å²) in [5.41, 5.74) is 4.83. The lowest BCUT2D eigenvalue weighted by molar-refractivity contribution is 0.101. The molecule has 1 rings (SSSR count). The maximum atomic E-state index is 10.7. The van der Waals surface area contributed by atoms with Crippen molar-refractivity contribution in [2.75, 3.05) is 0 Å². The Kier molecular flexibility index (Phi) is 5.99. The number of phenols is 1. The molecular formula is C8H12NO4P. The number of phenolic OH excluding ortho intramolecular Hbond substituents is 1. The van der Waals surface area contributed by atoms with E-state index in [9.17, 15) is 4.79 Å². The van der Waals surface area contributed by atoms with Crippen molar-refractivity contribution in [3.63, 3.8) is 0 Å². The Hall–Kier alpha value is -1.00. The molecular weight excluding hydrogens is 205 g/mol. The molecule has 1 aromatic rings. The van der Waals surface area contributed by atoms with Gasteiger partial charge in [-0.2, -0.15) is 0 Å². The zero-order chi connectivity index (χ0) is 11.1. The van der Waals surface area contributed by atoms with Crippen LogP contribution in [0.2, 0.25) is 0 Å². The van der Waals surface area contributed by atoms with E-state index in [1.54, 1.807) is 12.1 Å². The molecule has 0 saturated carbocycles. The molecule has 0 atom stereocenters. The third-order valence-electron chi connectivity index (χ3n) is 1.25. The molecule has 0 bridgehead atoms. The van der Waals surface area contributed by atoms with Crippen LogP contribution in [0.25, 0.3) is 0 Å². The first-order chi connectivity index (χ1) is 6.43. The minimum Gasteiger partial charge on any atom is -0.508 e. The number of benzene rings is 1. The quantitative estimate of drug-likeness (QED) is 0.410. The Morgan fingerprint density at radius 2 is 1.93 bits per heavy atom. The van der Waals surface area contributed by atoms with E-state index in [-0.39, 0.29) is 11.5 Å². The lowest BCUT2D eigenvalue weighted by atomic mass is 10.1. The summed E-state index contributed by atoms with van der Waals surface area (Å²) < 4.78 is 0. The molecule has 0 saturated heterocycles. The lowest BCUT2D eigenvalue weighted by Crippen LogP contribution is -1.89. The van der Waals surface area contributed by atoms with Gasteiger partial charge in [-0.1, -0.05) is 12.1 Å². The van der Waals surface area contributed by atoms with Gasteiger partial charge in [0.25, 0.3) is 0 Å².